The van der Waals surface area contributed by atoms with Crippen LogP contribution in [0, 0.1) is 12.8 Å². The average Bonchev–Trinajstić information content (AvgIpc) is 2.67. The van der Waals surface area contributed by atoms with Crippen molar-refractivity contribution in [2.24, 2.45) is 13.0 Å². The normalized spacial score (nSPS) is 20.9. The van der Waals surface area contributed by atoms with E-state index in [1.807, 2.05) is 18.7 Å². The molecule has 0 aliphatic carbocycles. The number of rotatable bonds is 3. The lowest BCUT2D eigenvalue weighted by molar-refractivity contribution is -0.147. The SMILES string of the molecule is COC(=O)C1CCCN(Cc2cc(C)nn2C)C1. The highest BCUT2D eigenvalue weighted by atomic mass is 16.5. The van der Waals surface area contributed by atoms with Crippen molar-refractivity contribution in [1.29, 1.82) is 0 Å². The first kappa shape index (κ1) is 13.1. The van der Waals surface area contributed by atoms with Crippen molar-refractivity contribution in [3.05, 3.63) is 17.5 Å². The van der Waals surface area contributed by atoms with Crippen LogP contribution in [0.3, 0.4) is 0 Å². The van der Waals surface area contributed by atoms with Crippen molar-refractivity contribution >= 4 is 5.97 Å². The molecular weight excluding hydrogens is 230 g/mol. The zero-order valence-corrected chi connectivity index (χ0v) is 11.3. The number of piperidine rings is 1. The Morgan fingerprint density at radius 2 is 2.39 bits per heavy atom. The molecule has 5 nitrogen and oxygen atoms in total. The van der Waals surface area contributed by atoms with Crippen LogP contribution in [0.25, 0.3) is 0 Å². The molecule has 0 amide bonds. The summed E-state index contributed by atoms with van der Waals surface area (Å²) in [5, 5.41) is 4.35. The van der Waals surface area contributed by atoms with E-state index in [9.17, 15) is 4.79 Å². The molecule has 18 heavy (non-hydrogen) atoms. The van der Waals surface area contributed by atoms with Gasteiger partial charge in [-0.3, -0.25) is 14.4 Å². The first-order chi connectivity index (χ1) is 8.60. The van der Waals surface area contributed by atoms with E-state index in [1.165, 1.54) is 12.8 Å². The molecule has 1 unspecified atom stereocenters. The zero-order valence-electron chi connectivity index (χ0n) is 11.3. The fraction of sp³-hybridized carbons (Fsp3) is 0.692. The molecule has 1 fully saturated rings. The molecule has 1 saturated heterocycles. The Balaban J connectivity index is 1.97. The summed E-state index contributed by atoms with van der Waals surface area (Å²) in [5.74, 6) is -0.0565. The maximum absolute atomic E-state index is 11.6. The highest BCUT2D eigenvalue weighted by Gasteiger charge is 2.26. The molecule has 0 saturated carbocycles. The topological polar surface area (TPSA) is 47.4 Å². The van der Waals surface area contributed by atoms with Gasteiger partial charge in [-0.1, -0.05) is 0 Å². The van der Waals surface area contributed by atoms with E-state index in [-0.39, 0.29) is 11.9 Å². The van der Waals surface area contributed by atoms with Gasteiger partial charge in [0.2, 0.25) is 0 Å². The summed E-state index contributed by atoms with van der Waals surface area (Å²) in [6.45, 7) is 4.68. The van der Waals surface area contributed by atoms with Gasteiger partial charge >= 0.3 is 5.97 Å². The van der Waals surface area contributed by atoms with Crippen LogP contribution in [0.1, 0.15) is 24.2 Å². The fourth-order valence-corrected chi connectivity index (χ4v) is 2.60. The van der Waals surface area contributed by atoms with E-state index in [2.05, 4.69) is 16.1 Å². The van der Waals surface area contributed by atoms with Gasteiger partial charge in [-0.15, -0.1) is 0 Å². The van der Waals surface area contributed by atoms with Crippen LogP contribution in [-0.4, -0.2) is 40.8 Å². The van der Waals surface area contributed by atoms with Crippen LogP contribution >= 0.6 is 0 Å². The Bertz CT molecular complexity index is 428. The van der Waals surface area contributed by atoms with Crippen LogP contribution in [0.2, 0.25) is 0 Å². The third-order valence-corrected chi connectivity index (χ3v) is 3.52. The number of ether oxygens (including phenoxy) is 1. The minimum Gasteiger partial charge on any atom is -0.469 e. The summed E-state index contributed by atoms with van der Waals surface area (Å²) in [6.07, 6.45) is 1.99. The maximum Gasteiger partial charge on any atom is 0.309 e. The third-order valence-electron chi connectivity index (χ3n) is 3.52. The van der Waals surface area contributed by atoms with Crippen molar-refractivity contribution in [2.75, 3.05) is 20.2 Å². The van der Waals surface area contributed by atoms with Crippen molar-refractivity contribution in [3.63, 3.8) is 0 Å². The van der Waals surface area contributed by atoms with E-state index in [0.717, 1.165) is 38.2 Å². The first-order valence-corrected chi connectivity index (χ1v) is 6.40. The van der Waals surface area contributed by atoms with Crippen molar-refractivity contribution in [3.8, 4) is 0 Å². The van der Waals surface area contributed by atoms with Gasteiger partial charge in [0, 0.05) is 20.1 Å². The molecule has 0 aromatic carbocycles. The van der Waals surface area contributed by atoms with Crippen LogP contribution in [0.15, 0.2) is 6.07 Å². The number of hydrogen-bond donors (Lipinski definition) is 0. The van der Waals surface area contributed by atoms with E-state index in [0.29, 0.717) is 0 Å². The molecular formula is C13H21N3O2. The minimum absolute atomic E-state index is 0.0260. The predicted molar refractivity (Wildman–Crippen MR) is 68.0 cm³/mol. The Labute approximate surface area is 108 Å². The van der Waals surface area contributed by atoms with Gasteiger partial charge in [-0.25, -0.2) is 0 Å². The molecule has 0 spiro atoms. The van der Waals surface area contributed by atoms with E-state index < -0.39 is 0 Å². The molecule has 1 aromatic heterocycles. The van der Waals surface area contributed by atoms with Crippen molar-refractivity contribution in [1.82, 2.24) is 14.7 Å². The smallest absolute Gasteiger partial charge is 0.309 e. The maximum atomic E-state index is 11.6. The van der Waals surface area contributed by atoms with Gasteiger partial charge in [0.1, 0.15) is 0 Å². The standard InChI is InChI=1S/C13H21N3O2/c1-10-7-12(15(2)14-10)9-16-6-4-5-11(8-16)13(17)18-3/h7,11H,4-6,8-9H2,1-3H3. The van der Waals surface area contributed by atoms with Crippen LogP contribution < -0.4 is 0 Å². The van der Waals surface area contributed by atoms with Gasteiger partial charge in [-0.05, 0) is 32.4 Å². The molecule has 1 aromatic rings. The number of carbonyl (C=O) groups is 1. The van der Waals surface area contributed by atoms with Crippen LogP contribution in [0.4, 0.5) is 0 Å². The highest BCUT2D eigenvalue weighted by Crippen LogP contribution is 2.19. The van der Waals surface area contributed by atoms with Crippen LogP contribution in [0.5, 0.6) is 0 Å². The molecule has 2 heterocycles. The summed E-state index contributed by atoms with van der Waals surface area (Å²) in [7, 11) is 3.43. The zero-order chi connectivity index (χ0) is 13.1. The summed E-state index contributed by atoms with van der Waals surface area (Å²) in [6, 6.07) is 2.10. The number of likely N-dealkylation sites (tertiary alicyclic amines) is 1. The number of aromatic nitrogens is 2. The fourth-order valence-electron chi connectivity index (χ4n) is 2.60. The van der Waals surface area contributed by atoms with E-state index in [1.54, 1.807) is 0 Å². The second kappa shape index (κ2) is 5.52. The minimum atomic E-state index is -0.0825. The van der Waals surface area contributed by atoms with E-state index in [4.69, 9.17) is 4.74 Å². The highest BCUT2D eigenvalue weighted by molar-refractivity contribution is 5.72. The van der Waals surface area contributed by atoms with Gasteiger partial charge in [0.05, 0.1) is 24.4 Å². The monoisotopic (exact) mass is 251 g/mol. The van der Waals surface area contributed by atoms with Crippen molar-refractivity contribution < 1.29 is 9.53 Å². The summed E-state index contributed by atoms with van der Waals surface area (Å²) < 4.78 is 6.75. The molecule has 5 heteroatoms. The van der Waals surface area contributed by atoms with Crippen molar-refractivity contribution in [2.45, 2.75) is 26.3 Å². The Morgan fingerprint density at radius 3 is 3.00 bits per heavy atom. The molecule has 1 aliphatic heterocycles. The molecule has 100 valence electrons. The molecule has 1 atom stereocenters. The number of nitrogens with zero attached hydrogens (tertiary/aromatic N) is 3. The van der Waals surface area contributed by atoms with Gasteiger partial charge in [-0.2, -0.15) is 5.10 Å². The number of methoxy groups -OCH3 is 1. The molecule has 2 rings (SSSR count). The van der Waals surface area contributed by atoms with Gasteiger partial charge in [0.25, 0.3) is 0 Å². The summed E-state index contributed by atoms with van der Waals surface area (Å²) >= 11 is 0. The Morgan fingerprint density at radius 1 is 1.61 bits per heavy atom. The van der Waals surface area contributed by atoms with Crippen LogP contribution in [-0.2, 0) is 23.1 Å². The lowest BCUT2D eigenvalue weighted by Crippen LogP contribution is -2.39. The molecule has 0 radical (unpaired) electrons. The van der Waals surface area contributed by atoms with Gasteiger partial charge < -0.3 is 4.74 Å². The number of aryl methyl sites for hydroxylation is 2. The quantitative estimate of drug-likeness (QED) is 0.755. The number of carbonyl (C=O) groups excluding carboxylic acids is 1. The number of hydrogen-bond acceptors (Lipinski definition) is 4. The lowest BCUT2D eigenvalue weighted by atomic mass is 9.98. The van der Waals surface area contributed by atoms with E-state index >= 15 is 0 Å². The summed E-state index contributed by atoms with van der Waals surface area (Å²) in [4.78, 5) is 13.9. The summed E-state index contributed by atoms with van der Waals surface area (Å²) in [5.41, 5.74) is 2.23. The predicted octanol–water partition coefficient (Wildman–Crippen LogP) is 1.11. The molecule has 0 N–H and O–H groups in total. The second-order valence-electron chi connectivity index (χ2n) is 5.00. The number of esters is 1. The lowest BCUT2D eigenvalue weighted by Gasteiger charge is -2.31. The first-order valence-electron chi connectivity index (χ1n) is 6.40. The molecule has 0 bridgehead atoms. The van der Waals surface area contributed by atoms with Gasteiger partial charge in [0.15, 0.2) is 0 Å². The Hall–Kier alpha value is -1.36. The second-order valence-corrected chi connectivity index (χ2v) is 5.00. The third kappa shape index (κ3) is 2.90. The largest absolute Gasteiger partial charge is 0.469 e. The Kier molecular flexibility index (Phi) is 4.01. The molecule has 1 aliphatic rings. The average molecular weight is 251 g/mol.